The normalized spacial score (nSPS) is 17.5. The van der Waals surface area contributed by atoms with Crippen LogP contribution in [-0.4, -0.2) is 60.9 Å². The SMILES string of the molecule is C=C(C(=O)N[C@@H]1COC[C@H]1O)n1cnc2c(-c3cccnc3)nc(-c3ccc(C(F)(F)F)nc3)cc2c1=O. The molecule has 4 aromatic heterocycles. The molecule has 5 rings (SSSR count). The predicted molar refractivity (Wildman–Crippen MR) is 129 cm³/mol. The summed E-state index contributed by atoms with van der Waals surface area (Å²) in [6.45, 7) is 3.88. The van der Waals surface area contributed by atoms with Gasteiger partial charge in [0, 0.05) is 29.7 Å². The van der Waals surface area contributed by atoms with E-state index in [1.807, 2.05) is 0 Å². The zero-order valence-corrected chi connectivity index (χ0v) is 19.5. The minimum Gasteiger partial charge on any atom is -0.388 e. The Kier molecular flexibility index (Phi) is 6.46. The van der Waals surface area contributed by atoms with Gasteiger partial charge in [-0.2, -0.15) is 13.2 Å². The van der Waals surface area contributed by atoms with Gasteiger partial charge in [0.1, 0.15) is 23.2 Å². The van der Waals surface area contributed by atoms with Gasteiger partial charge in [-0.15, -0.1) is 0 Å². The van der Waals surface area contributed by atoms with Crippen LogP contribution >= 0.6 is 0 Å². The lowest BCUT2D eigenvalue weighted by molar-refractivity contribution is -0.141. The molecule has 1 aliphatic rings. The summed E-state index contributed by atoms with van der Waals surface area (Å²) in [4.78, 5) is 42.7. The molecule has 0 saturated carbocycles. The fraction of sp³-hybridized carbons (Fsp3) is 0.200. The van der Waals surface area contributed by atoms with Crippen LogP contribution < -0.4 is 10.9 Å². The lowest BCUT2D eigenvalue weighted by Crippen LogP contribution is -2.44. The number of aromatic nitrogens is 5. The molecule has 1 aliphatic heterocycles. The van der Waals surface area contributed by atoms with Crippen LogP contribution in [0.2, 0.25) is 0 Å². The molecule has 1 saturated heterocycles. The van der Waals surface area contributed by atoms with E-state index in [9.17, 15) is 27.9 Å². The van der Waals surface area contributed by atoms with E-state index < -0.39 is 35.5 Å². The molecule has 194 valence electrons. The summed E-state index contributed by atoms with van der Waals surface area (Å²) in [5.41, 5.74) is -0.629. The summed E-state index contributed by atoms with van der Waals surface area (Å²) in [7, 11) is 0. The summed E-state index contributed by atoms with van der Waals surface area (Å²) in [6, 6.07) is 6.07. The third kappa shape index (κ3) is 4.76. The van der Waals surface area contributed by atoms with Gasteiger partial charge in [-0.05, 0) is 30.3 Å². The monoisotopic (exact) mass is 524 g/mol. The van der Waals surface area contributed by atoms with Crippen molar-refractivity contribution in [3.05, 3.63) is 77.9 Å². The van der Waals surface area contributed by atoms with Crippen molar-refractivity contribution in [2.45, 2.75) is 18.3 Å². The summed E-state index contributed by atoms with van der Waals surface area (Å²) in [5, 5.41) is 12.5. The van der Waals surface area contributed by atoms with Crippen LogP contribution in [0, 0.1) is 0 Å². The van der Waals surface area contributed by atoms with Crippen LogP contribution in [0.3, 0.4) is 0 Å². The molecule has 0 unspecified atom stereocenters. The lowest BCUT2D eigenvalue weighted by atomic mass is 10.1. The van der Waals surface area contributed by atoms with E-state index in [2.05, 4.69) is 31.8 Å². The maximum Gasteiger partial charge on any atom is 0.433 e. The van der Waals surface area contributed by atoms with E-state index in [0.717, 1.165) is 23.2 Å². The second-order valence-corrected chi connectivity index (χ2v) is 8.48. The number of fused-ring (bicyclic) bond motifs is 1. The van der Waals surface area contributed by atoms with Gasteiger partial charge in [0.15, 0.2) is 0 Å². The standard InChI is InChI=1S/C25H19F3N6O4/c1-13(23(36)33-18-10-38-11-19(18)35)34-12-31-22-16(24(34)37)7-17(32-21(22)15-3-2-6-29-8-15)14-4-5-20(30-9-14)25(26,27)28/h2-9,12,18-19,35H,1,10-11H2,(H,33,36)/t18-,19-/m1/s1. The zero-order chi connectivity index (χ0) is 27.0. The van der Waals surface area contributed by atoms with Gasteiger partial charge in [0.2, 0.25) is 0 Å². The average Bonchev–Trinajstić information content (AvgIpc) is 3.32. The van der Waals surface area contributed by atoms with Crippen molar-refractivity contribution < 1.29 is 27.8 Å². The molecule has 10 nitrogen and oxygen atoms in total. The van der Waals surface area contributed by atoms with E-state index in [0.29, 0.717) is 5.56 Å². The van der Waals surface area contributed by atoms with Crippen LogP contribution in [0.15, 0.2) is 66.6 Å². The van der Waals surface area contributed by atoms with E-state index in [-0.39, 0.29) is 46.8 Å². The van der Waals surface area contributed by atoms with Crippen molar-refractivity contribution in [1.82, 2.24) is 29.8 Å². The molecule has 1 amide bonds. The third-order valence-electron chi connectivity index (χ3n) is 5.95. The van der Waals surface area contributed by atoms with Crippen molar-refractivity contribution in [2.24, 2.45) is 0 Å². The molecule has 13 heteroatoms. The van der Waals surface area contributed by atoms with Gasteiger partial charge in [0.25, 0.3) is 11.5 Å². The highest BCUT2D eigenvalue weighted by Crippen LogP contribution is 2.31. The molecular formula is C25H19F3N6O4. The van der Waals surface area contributed by atoms with Crippen LogP contribution in [-0.2, 0) is 15.7 Å². The molecule has 0 aliphatic carbocycles. The number of hydrogen-bond acceptors (Lipinski definition) is 8. The van der Waals surface area contributed by atoms with Crippen molar-refractivity contribution >= 4 is 22.5 Å². The van der Waals surface area contributed by atoms with E-state index in [1.165, 1.54) is 18.3 Å². The van der Waals surface area contributed by atoms with Crippen LogP contribution in [0.4, 0.5) is 13.2 Å². The van der Waals surface area contributed by atoms with E-state index >= 15 is 0 Å². The smallest absolute Gasteiger partial charge is 0.388 e. The maximum atomic E-state index is 13.5. The highest BCUT2D eigenvalue weighted by molar-refractivity contribution is 6.13. The Morgan fingerprint density at radius 1 is 1.16 bits per heavy atom. The molecule has 0 radical (unpaired) electrons. The Morgan fingerprint density at radius 3 is 2.61 bits per heavy atom. The van der Waals surface area contributed by atoms with Gasteiger partial charge < -0.3 is 15.2 Å². The summed E-state index contributed by atoms with van der Waals surface area (Å²) in [5.74, 6) is -0.712. The van der Waals surface area contributed by atoms with Crippen molar-refractivity contribution in [3.63, 3.8) is 0 Å². The molecule has 5 heterocycles. The number of carbonyl (C=O) groups excluding carboxylic acids is 1. The predicted octanol–water partition coefficient (Wildman–Crippen LogP) is 2.28. The number of alkyl halides is 3. The van der Waals surface area contributed by atoms with Crippen molar-refractivity contribution in [1.29, 1.82) is 0 Å². The number of pyridine rings is 3. The second-order valence-electron chi connectivity index (χ2n) is 8.48. The number of amides is 1. The molecule has 38 heavy (non-hydrogen) atoms. The first-order valence-corrected chi connectivity index (χ1v) is 11.3. The van der Waals surface area contributed by atoms with Crippen LogP contribution in [0.25, 0.3) is 39.1 Å². The van der Waals surface area contributed by atoms with Gasteiger partial charge in [-0.25, -0.2) is 9.97 Å². The van der Waals surface area contributed by atoms with E-state index in [4.69, 9.17) is 4.74 Å². The van der Waals surface area contributed by atoms with Crippen molar-refractivity contribution in [2.75, 3.05) is 13.2 Å². The first-order valence-electron chi connectivity index (χ1n) is 11.3. The molecule has 0 spiro atoms. The molecule has 0 bridgehead atoms. The number of halogens is 3. The summed E-state index contributed by atoms with van der Waals surface area (Å²) in [6.07, 6.45) is -0.313. The number of aliphatic hydroxyl groups is 1. The largest absolute Gasteiger partial charge is 0.433 e. The van der Waals surface area contributed by atoms with Gasteiger partial charge in [-0.1, -0.05) is 6.58 Å². The fourth-order valence-corrected chi connectivity index (χ4v) is 3.93. The Bertz CT molecular complexity index is 1590. The maximum absolute atomic E-state index is 13.5. The van der Waals surface area contributed by atoms with Gasteiger partial charge in [-0.3, -0.25) is 24.1 Å². The minimum absolute atomic E-state index is 0.0365. The number of rotatable bonds is 5. The Balaban J connectivity index is 1.62. The first kappa shape index (κ1) is 25.2. The molecule has 0 aromatic carbocycles. The Hall–Kier alpha value is -4.49. The minimum atomic E-state index is -4.62. The number of aliphatic hydroxyl groups excluding tert-OH is 1. The zero-order valence-electron chi connectivity index (χ0n) is 19.5. The Labute approximate surface area is 212 Å². The quantitative estimate of drug-likeness (QED) is 0.380. The molecule has 4 aromatic rings. The summed E-state index contributed by atoms with van der Waals surface area (Å²) < 4.78 is 45.1. The van der Waals surface area contributed by atoms with Gasteiger partial charge in [0.05, 0.1) is 42.1 Å². The Morgan fingerprint density at radius 2 is 1.97 bits per heavy atom. The summed E-state index contributed by atoms with van der Waals surface area (Å²) >= 11 is 0. The van der Waals surface area contributed by atoms with Gasteiger partial charge >= 0.3 is 6.18 Å². The highest BCUT2D eigenvalue weighted by Gasteiger charge is 2.32. The fourth-order valence-electron chi connectivity index (χ4n) is 3.93. The average molecular weight is 524 g/mol. The molecule has 2 N–H and O–H groups in total. The first-order chi connectivity index (χ1) is 18.1. The molecule has 2 atom stereocenters. The number of nitrogens with one attached hydrogen (secondary N) is 1. The third-order valence-corrected chi connectivity index (χ3v) is 5.95. The number of ether oxygens (including phenoxy) is 1. The number of carbonyl (C=O) groups is 1. The number of nitrogens with zero attached hydrogens (tertiary/aromatic N) is 5. The molecule has 1 fully saturated rings. The van der Waals surface area contributed by atoms with Crippen molar-refractivity contribution in [3.8, 4) is 22.5 Å². The second kappa shape index (κ2) is 9.76. The topological polar surface area (TPSA) is 132 Å². The van der Waals surface area contributed by atoms with E-state index in [1.54, 1.807) is 18.3 Å². The highest BCUT2D eigenvalue weighted by atomic mass is 19.4. The van der Waals surface area contributed by atoms with Crippen LogP contribution in [0.1, 0.15) is 5.69 Å². The number of hydrogen-bond donors (Lipinski definition) is 2. The molecular weight excluding hydrogens is 505 g/mol. The van der Waals surface area contributed by atoms with Crippen LogP contribution in [0.5, 0.6) is 0 Å². The lowest BCUT2D eigenvalue weighted by Gasteiger charge is -2.17.